The molecule has 3 nitrogen and oxygen atoms in total. The molecule has 1 aliphatic heterocycles. The quantitative estimate of drug-likeness (QED) is 0.421. The number of alkyl halides is 1. The van der Waals surface area contributed by atoms with Gasteiger partial charge in [-0.05, 0) is 0 Å². The zero-order chi connectivity index (χ0) is 19.1. The summed E-state index contributed by atoms with van der Waals surface area (Å²) in [4.78, 5) is 14.9. The summed E-state index contributed by atoms with van der Waals surface area (Å²) in [6, 6.07) is 19.7. The SMILES string of the molecule is CN1C(=O)C([Se]c2ccccc2)=C(c2ccccc2)C12C=CC([OH2+])(F)C=C2. The first-order valence-corrected chi connectivity index (χ1v) is 10.3. The summed E-state index contributed by atoms with van der Waals surface area (Å²) in [5, 5.41) is 7.63. The molecule has 2 aliphatic rings. The van der Waals surface area contributed by atoms with E-state index >= 15 is 0 Å². The fraction of sp³-hybridized carbons (Fsp3) is 0.136. The Morgan fingerprint density at radius 1 is 0.926 bits per heavy atom. The van der Waals surface area contributed by atoms with Crippen LogP contribution in [0.2, 0.25) is 0 Å². The van der Waals surface area contributed by atoms with Crippen LogP contribution in [0.3, 0.4) is 0 Å². The van der Waals surface area contributed by atoms with Crippen molar-refractivity contribution < 1.29 is 14.3 Å². The van der Waals surface area contributed by atoms with Gasteiger partial charge in [0.05, 0.1) is 0 Å². The standard InChI is InChI=1S/C22H18FNO2Se/c1-24-20(25)19(27-17-10-6-3-7-11-17)18(16-8-4-2-5-9-16)21(24)12-14-22(23,26)15-13-21/h2-15,26H,1H3/p+1. The summed E-state index contributed by atoms with van der Waals surface area (Å²) in [6.45, 7) is 0. The molecule has 1 spiro atoms. The van der Waals surface area contributed by atoms with Crippen LogP contribution in [-0.2, 0) is 4.79 Å². The van der Waals surface area contributed by atoms with Crippen LogP contribution in [0.4, 0.5) is 4.39 Å². The maximum absolute atomic E-state index is 14.1. The average molecular weight is 427 g/mol. The number of likely N-dealkylation sites (N-methyl/N-ethyl adjacent to an activating group) is 1. The Labute approximate surface area is 163 Å². The summed E-state index contributed by atoms with van der Waals surface area (Å²) in [7, 11) is 1.74. The van der Waals surface area contributed by atoms with E-state index in [9.17, 15) is 9.18 Å². The summed E-state index contributed by atoms with van der Waals surface area (Å²) in [5.74, 6) is -2.30. The number of halogens is 1. The number of hydrogen-bond acceptors (Lipinski definition) is 1. The monoisotopic (exact) mass is 428 g/mol. The molecule has 0 fully saturated rings. The van der Waals surface area contributed by atoms with Crippen molar-refractivity contribution in [3.63, 3.8) is 0 Å². The third kappa shape index (κ3) is 3.08. The van der Waals surface area contributed by atoms with E-state index in [0.29, 0.717) is 0 Å². The first kappa shape index (κ1) is 17.9. The van der Waals surface area contributed by atoms with Gasteiger partial charge < -0.3 is 0 Å². The zero-order valence-electron chi connectivity index (χ0n) is 14.7. The molecule has 1 aliphatic carbocycles. The average Bonchev–Trinajstić information content (AvgIpc) is 2.88. The van der Waals surface area contributed by atoms with Gasteiger partial charge in [-0.25, -0.2) is 0 Å². The van der Waals surface area contributed by atoms with Crippen LogP contribution in [0.15, 0.2) is 89.4 Å². The van der Waals surface area contributed by atoms with Crippen LogP contribution in [-0.4, -0.2) is 49.3 Å². The van der Waals surface area contributed by atoms with Gasteiger partial charge in [0.2, 0.25) is 0 Å². The second-order valence-corrected chi connectivity index (χ2v) is 8.88. The molecule has 1 amide bonds. The minimum atomic E-state index is -2.25. The molecule has 0 atom stereocenters. The maximum atomic E-state index is 14.1. The van der Waals surface area contributed by atoms with E-state index < -0.39 is 11.4 Å². The van der Waals surface area contributed by atoms with Crippen LogP contribution in [0, 0.1) is 0 Å². The van der Waals surface area contributed by atoms with Crippen LogP contribution >= 0.6 is 0 Å². The Morgan fingerprint density at radius 3 is 2.07 bits per heavy atom. The summed E-state index contributed by atoms with van der Waals surface area (Å²) in [6.07, 6.45) is 5.74. The molecule has 1 heterocycles. The van der Waals surface area contributed by atoms with Gasteiger partial charge in [0, 0.05) is 0 Å². The van der Waals surface area contributed by atoms with Crippen molar-refractivity contribution >= 4 is 30.9 Å². The molecule has 2 aromatic rings. The molecular formula is C22H19FNO2Se+. The van der Waals surface area contributed by atoms with Crippen LogP contribution in [0.1, 0.15) is 5.56 Å². The van der Waals surface area contributed by atoms with Crippen molar-refractivity contribution in [1.29, 1.82) is 0 Å². The summed E-state index contributed by atoms with van der Waals surface area (Å²) in [5.41, 5.74) is 0.956. The molecule has 5 heteroatoms. The Bertz CT molecular complexity index is 948. The molecule has 0 saturated heterocycles. The number of rotatable bonds is 3. The molecule has 2 aromatic carbocycles. The van der Waals surface area contributed by atoms with E-state index in [1.54, 1.807) is 24.1 Å². The molecule has 2 N–H and O–H groups in total. The van der Waals surface area contributed by atoms with Gasteiger partial charge >= 0.3 is 164 Å². The van der Waals surface area contributed by atoms with Crippen LogP contribution in [0.5, 0.6) is 0 Å². The molecule has 0 bridgehead atoms. The van der Waals surface area contributed by atoms with Crippen molar-refractivity contribution in [3.8, 4) is 0 Å². The molecule has 4 rings (SSSR count). The van der Waals surface area contributed by atoms with Crippen molar-refractivity contribution in [2.75, 3.05) is 7.05 Å². The van der Waals surface area contributed by atoms with Gasteiger partial charge in [0.1, 0.15) is 0 Å². The first-order chi connectivity index (χ1) is 12.9. The molecular weight excluding hydrogens is 408 g/mol. The van der Waals surface area contributed by atoms with E-state index in [4.69, 9.17) is 5.11 Å². The molecule has 136 valence electrons. The van der Waals surface area contributed by atoms with Gasteiger partial charge in [0.15, 0.2) is 0 Å². The molecule has 0 saturated carbocycles. The molecule has 0 radical (unpaired) electrons. The minimum absolute atomic E-state index is 0.0525. The van der Waals surface area contributed by atoms with Crippen molar-refractivity contribution in [2.24, 2.45) is 0 Å². The number of carbonyl (C=O) groups excluding carboxylic acids is 1. The Morgan fingerprint density at radius 2 is 1.48 bits per heavy atom. The zero-order valence-corrected chi connectivity index (χ0v) is 16.4. The van der Waals surface area contributed by atoms with Crippen molar-refractivity contribution in [1.82, 2.24) is 4.90 Å². The van der Waals surface area contributed by atoms with E-state index in [-0.39, 0.29) is 20.9 Å². The van der Waals surface area contributed by atoms with E-state index in [1.807, 2.05) is 60.7 Å². The molecule has 0 unspecified atom stereocenters. The fourth-order valence-corrected chi connectivity index (χ4v) is 5.83. The summed E-state index contributed by atoms with van der Waals surface area (Å²) < 4.78 is 15.9. The Kier molecular flexibility index (Phi) is 4.39. The summed E-state index contributed by atoms with van der Waals surface area (Å²) >= 11 is -0.186. The normalized spacial score (nSPS) is 27.1. The fourth-order valence-electron chi connectivity index (χ4n) is 3.44. The number of benzene rings is 2. The number of carbonyl (C=O) groups is 1. The predicted molar refractivity (Wildman–Crippen MR) is 106 cm³/mol. The van der Waals surface area contributed by atoms with Crippen molar-refractivity contribution in [2.45, 2.75) is 11.4 Å². The second-order valence-electron chi connectivity index (χ2n) is 6.61. The third-order valence-electron chi connectivity index (χ3n) is 4.87. The van der Waals surface area contributed by atoms with Crippen molar-refractivity contribution in [3.05, 3.63) is 95.0 Å². The third-order valence-corrected chi connectivity index (χ3v) is 7.16. The van der Waals surface area contributed by atoms with Gasteiger partial charge in [0.25, 0.3) is 0 Å². The van der Waals surface area contributed by atoms with Crippen LogP contribution < -0.4 is 4.46 Å². The van der Waals surface area contributed by atoms with E-state index in [2.05, 4.69) is 0 Å². The number of nitrogens with zero attached hydrogens (tertiary/aromatic N) is 1. The molecule has 27 heavy (non-hydrogen) atoms. The predicted octanol–water partition coefficient (Wildman–Crippen LogP) is 2.15. The number of hydrogen-bond donors (Lipinski definition) is 0. The number of amides is 1. The Balaban J connectivity index is 1.92. The van der Waals surface area contributed by atoms with Gasteiger partial charge in [-0.15, -0.1) is 0 Å². The van der Waals surface area contributed by atoms with Gasteiger partial charge in [-0.1, -0.05) is 0 Å². The molecule has 0 aromatic heterocycles. The van der Waals surface area contributed by atoms with Crippen LogP contribution in [0.25, 0.3) is 5.57 Å². The topological polar surface area (TPSA) is 43.2 Å². The second kappa shape index (κ2) is 6.61. The Hall–Kier alpha value is -2.46. The van der Waals surface area contributed by atoms with E-state index in [1.165, 1.54) is 12.2 Å². The van der Waals surface area contributed by atoms with E-state index in [0.717, 1.165) is 20.1 Å². The van der Waals surface area contributed by atoms with Gasteiger partial charge in [-0.3, -0.25) is 0 Å². The first-order valence-electron chi connectivity index (χ1n) is 8.59. The van der Waals surface area contributed by atoms with Gasteiger partial charge in [-0.2, -0.15) is 0 Å².